The summed E-state index contributed by atoms with van der Waals surface area (Å²) in [6.07, 6.45) is 1.95. The van der Waals surface area contributed by atoms with Crippen LogP contribution in [0.25, 0.3) is 10.9 Å². The molecule has 1 atom stereocenters. The van der Waals surface area contributed by atoms with Crippen LogP contribution in [0.4, 0.5) is 0 Å². The van der Waals surface area contributed by atoms with Gasteiger partial charge in [-0.05, 0) is 18.9 Å². The zero-order chi connectivity index (χ0) is 13.6. The lowest BCUT2D eigenvalue weighted by Crippen LogP contribution is -3.00. The highest BCUT2D eigenvalue weighted by atomic mass is 127. The Balaban J connectivity index is 0.00000147. The molecule has 1 unspecified atom stereocenters. The Labute approximate surface area is 137 Å². The van der Waals surface area contributed by atoms with Crippen LogP contribution in [0.15, 0.2) is 24.3 Å². The zero-order valence-corrected chi connectivity index (χ0v) is 14.4. The average molecular weight is 384 g/mol. The highest BCUT2D eigenvalue weighted by Crippen LogP contribution is 2.32. The van der Waals surface area contributed by atoms with Gasteiger partial charge in [0, 0.05) is 22.2 Å². The number of nitrogens with one attached hydrogen (secondary N) is 1. The number of hydrogen-bond donors (Lipinski definition) is 1. The van der Waals surface area contributed by atoms with E-state index in [1.165, 1.54) is 0 Å². The molecule has 1 aliphatic rings. The summed E-state index contributed by atoms with van der Waals surface area (Å²) in [6, 6.07) is 8.12. The van der Waals surface area contributed by atoms with Crippen molar-refractivity contribution in [2.75, 3.05) is 27.7 Å². The molecule has 0 aliphatic heterocycles. The van der Waals surface area contributed by atoms with E-state index < -0.39 is 0 Å². The van der Waals surface area contributed by atoms with Gasteiger partial charge in [-0.2, -0.15) is 0 Å². The summed E-state index contributed by atoms with van der Waals surface area (Å²) < 4.78 is 0.841. The monoisotopic (exact) mass is 384 g/mol. The molecular weight excluding hydrogens is 363 g/mol. The molecule has 0 radical (unpaired) electrons. The van der Waals surface area contributed by atoms with Crippen LogP contribution in [0.2, 0.25) is 0 Å². The van der Waals surface area contributed by atoms with E-state index in [1.54, 1.807) is 0 Å². The molecule has 1 aromatic heterocycles. The number of para-hydroxylation sites is 1. The standard InChI is InChI=1S/C16H20N2O.HI/c1-18(2,3)10-11-8-9-14-15(16(11)19)12-6-4-5-7-13(12)17-14;/h4-7,11H,8-10H2,1-3H3;1H. The van der Waals surface area contributed by atoms with E-state index in [1.807, 2.05) is 12.1 Å². The molecule has 1 heterocycles. The first-order valence-electron chi connectivity index (χ1n) is 6.90. The number of carbonyl (C=O) groups is 1. The number of halogens is 1. The maximum absolute atomic E-state index is 12.7. The van der Waals surface area contributed by atoms with Gasteiger partial charge in [-0.3, -0.25) is 4.79 Å². The second-order valence-electron chi connectivity index (χ2n) is 6.60. The van der Waals surface area contributed by atoms with Gasteiger partial charge in [-0.1, -0.05) is 18.2 Å². The molecule has 1 aromatic carbocycles. The molecule has 4 heteroatoms. The first kappa shape index (κ1) is 15.5. The fraction of sp³-hybridized carbons (Fsp3) is 0.438. The number of hydrogen-bond acceptors (Lipinski definition) is 1. The number of ketones is 1. The van der Waals surface area contributed by atoms with Crippen molar-refractivity contribution < 1.29 is 33.3 Å². The Kier molecular flexibility index (Phi) is 4.25. The van der Waals surface area contributed by atoms with E-state index in [4.69, 9.17) is 0 Å². The molecule has 20 heavy (non-hydrogen) atoms. The van der Waals surface area contributed by atoms with Gasteiger partial charge in [0.05, 0.1) is 33.6 Å². The third-order valence-electron chi connectivity index (χ3n) is 3.91. The molecule has 0 bridgehead atoms. The summed E-state index contributed by atoms with van der Waals surface area (Å²) in [7, 11) is 6.45. The lowest BCUT2D eigenvalue weighted by molar-refractivity contribution is -0.872. The van der Waals surface area contributed by atoms with Gasteiger partial charge in [0.1, 0.15) is 0 Å². The summed E-state index contributed by atoms with van der Waals surface area (Å²) in [6.45, 7) is 0.914. The van der Waals surface area contributed by atoms with Crippen LogP contribution in [0.3, 0.4) is 0 Å². The Hall–Kier alpha value is -0.880. The molecule has 1 aliphatic carbocycles. The maximum Gasteiger partial charge on any atom is 0.174 e. The number of rotatable bonds is 2. The van der Waals surface area contributed by atoms with Crippen molar-refractivity contribution >= 4 is 16.7 Å². The molecule has 0 spiro atoms. The second-order valence-corrected chi connectivity index (χ2v) is 6.60. The topological polar surface area (TPSA) is 32.9 Å². The van der Waals surface area contributed by atoms with Gasteiger partial charge in [-0.15, -0.1) is 0 Å². The number of carbonyl (C=O) groups excluding carboxylic acids is 1. The molecule has 0 amide bonds. The van der Waals surface area contributed by atoms with Crippen molar-refractivity contribution in [2.24, 2.45) is 5.92 Å². The molecular formula is C16H21IN2O. The van der Waals surface area contributed by atoms with Crippen molar-refractivity contribution in [3.63, 3.8) is 0 Å². The first-order valence-corrected chi connectivity index (χ1v) is 6.90. The Bertz CT molecular complexity index is 639. The number of aryl methyl sites for hydroxylation is 1. The van der Waals surface area contributed by atoms with Gasteiger partial charge in [-0.25, -0.2) is 0 Å². The Morgan fingerprint density at radius 1 is 1.25 bits per heavy atom. The number of quaternary nitrogens is 1. The highest BCUT2D eigenvalue weighted by molar-refractivity contribution is 6.11. The number of Topliss-reactive ketones (excluding diaryl/α,β-unsaturated/α-hetero) is 1. The zero-order valence-electron chi connectivity index (χ0n) is 12.2. The lowest BCUT2D eigenvalue weighted by atomic mass is 9.84. The third kappa shape index (κ3) is 2.76. The lowest BCUT2D eigenvalue weighted by Gasteiger charge is -2.30. The minimum Gasteiger partial charge on any atom is -1.00 e. The number of H-pyrrole nitrogens is 1. The maximum atomic E-state index is 12.7. The number of benzene rings is 1. The average Bonchev–Trinajstić information content (AvgIpc) is 2.70. The third-order valence-corrected chi connectivity index (χ3v) is 3.91. The van der Waals surface area contributed by atoms with E-state index in [0.717, 1.165) is 46.0 Å². The summed E-state index contributed by atoms with van der Waals surface area (Å²) in [5.41, 5.74) is 3.16. The van der Waals surface area contributed by atoms with Gasteiger partial charge < -0.3 is 33.4 Å². The number of nitrogens with zero attached hydrogens (tertiary/aromatic N) is 1. The molecule has 1 N–H and O–H groups in total. The van der Waals surface area contributed by atoms with Crippen molar-refractivity contribution in [1.29, 1.82) is 0 Å². The SMILES string of the molecule is C[N+](C)(C)CC1CCc2[nH]c3ccccc3c2C1=O.[I-]. The summed E-state index contributed by atoms with van der Waals surface area (Å²) in [4.78, 5) is 16.1. The molecule has 0 fully saturated rings. The fourth-order valence-electron chi connectivity index (χ4n) is 3.16. The van der Waals surface area contributed by atoms with Crippen LogP contribution in [0.5, 0.6) is 0 Å². The van der Waals surface area contributed by atoms with Crippen LogP contribution in [0, 0.1) is 5.92 Å². The fourth-order valence-corrected chi connectivity index (χ4v) is 3.16. The minimum absolute atomic E-state index is 0. The van der Waals surface area contributed by atoms with E-state index in [0.29, 0.717) is 5.78 Å². The molecule has 3 nitrogen and oxygen atoms in total. The van der Waals surface area contributed by atoms with Crippen molar-refractivity contribution in [1.82, 2.24) is 4.98 Å². The van der Waals surface area contributed by atoms with Crippen molar-refractivity contribution in [2.45, 2.75) is 12.8 Å². The smallest absolute Gasteiger partial charge is 0.174 e. The Morgan fingerprint density at radius 3 is 2.65 bits per heavy atom. The molecule has 0 saturated heterocycles. The van der Waals surface area contributed by atoms with Crippen LogP contribution in [-0.2, 0) is 6.42 Å². The molecule has 0 saturated carbocycles. The van der Waals surface area contributed by atoms with Gasteiger partial charge in [0.25, 0.3) is 0 Å². The number of aromatic nitrogens is 1. The van der Waals surface area contributed by atoms with Gasteiger partial charge in [0.2, 0.25) is 0 Å². The predicted octanol–water partition coefficient (Wildman–Crippen LogP) is -0.377. The van der Waals surface area contributed by atoms with E-state index in [9.17, 15) is 4.79 Å². The Morgan fingerprint density at radius 2 is 1.95 bits per heavy atom. The normalized spacial score (nSPS) is 18.8. The van der Waals surface area contributed by atoms with E-state index >= 15 is 0 Å². The van der Waals surface area contributed by atoms with Crippen LogP contribution < -0.4 is 24.0 Å². The summed E-state index contributed by atoms with van der Waals surface area (Å²) in [5, 5.41) is 1.09. The van der Waals surface area contributed by atoms with Crippen LogP contribution in [-0.4, -0.2) is 42.9 Å². The number of fused-ring (bicyclic) bond motifs is 3. The molecule has 2 aromatic rings. The predicted molar refractivity (Wildman–Crippen MR) is 77.3 cm³/mol. The van der Waals surface area contributed by atoms with Gasteiger partial charge >= 0.3 is 0 Å². The van der Waals surface area contributed by atoms with Crippen LogP contribution >= 0.6 is 0 Å². The van der Waals surface area contributed by atoms with Crippen molar-refractivity contribution in [3.05, 3.63) is 35.5 Å². The van der Waals surface area contributed by atoms with Gasteiger partial charge in [0.15, 0.2) is 5.78 Å². The van der Waals surface area contributed by atoms with E-state index in [-0.39, 0.29) is 29.9 Å². The van der Waals surface area contributed by atoms with Crippen LogP contribution in [0.1, 0.15) is 22.5 Å². The molecule has 3 rings (SSSR count). The number of aromatic amines is 1. The second kappa shape index (κ2) is 5.48. The quantitative estimate of drug-likeness (QED) is 0.556. The highest BCUT2D eigenvalue weighted by Gasteiger charge is 2.33. The first-order chi connectivity index (χ1) is 8.96. The minimum atomic E-state index is 0. The molecule has 108 valence electrons. The van der Waals surface area contributed by atoms with Crippen molar-refractivity contribution in [3.8, 4) is 0 Å². The summed E-state index contributed by atoms with van der Waals surface area (Å²) >= 11 is 0. The van der Waals surface area contributed by atoms with E-state index in [2.05, 4.69) is 38.3 Å². The largest absolute Gasteiger partial charge is 1.00 e. The summed E-state index contributed by atoms with van der Waals surface area (Å²) in [5.74, 6) is 0.485.